The van der Waals surface area contributed by atoms with E-state index in [1.807, 2.05) is 0 Å². The molecule has 2 amide bonds. The summed E-state index contributed by atoms with van der Waals surface area (Å²) in [6.45, 7) is 5.00. The minimum absolute atomic E-state index is 0.0974. The van der Waals surface area contributed by atoms with Crippen LogP contribution >= 0.6 is 11.6 Å². The van der Waals surface area contributed by atoms with Gasteiger partial charge in [0.2, 0.25) is 0 Å². The third kappa shape index (κ3) is 3.66. The first-order chi connectivity index (χ1) is 13.0. The van der Waals surface area contributed by atoms with Gasteiger partial charge in [0, 0.05) is 16.1 Å². The Kier molecular flexibility index (Phi) is 5.04. The van der Waals surface area contributed by atoms with Crippen molar-refractivity contribution in [1.29, 1.82) is 0 Å². The Morgan fingerprint density at radius 2 is 1.79 bits per heavy atom. The van der Waals surface area contributed by atoms with E-state index in [0.717, 1.165) is 4.90 Å². The van der Waals surface area contributed by atoms with E-state index in [9.17, 15) is 19.5 Å². The zero-order valence-corrected chi connectivity index (χ0v) is 16.5. The van der Waals surface area contributed by atoms with Gasteiger partial charge in [0.15, 0.2) is 11.4 Å². The van der Waals surface area contributed by atoms with E-state index in [1.54, 1.807) is 51.1 Å². The fraction of sp³-hybridized carbons (Fsp3) is 0.286. The molecular weight excluding hydrogens is 382 g/mol. The Morgan fingerprint density at radius 1 is 1.14 bits per heavy atom. The lowest BCUT2D eigenvalue weighted by atomic mass is 9.88. The van der Waals surface area contributed by atoms with E-state index in [2.05, 4.69) is 0 Å². The molecule has 2 aromatic carbocycles. The highest BCUT2D eigenvalue weighted by Crippen LogP contribution is 2.44. The molecule has 0 radical (unpaired) electrons. The number of imide groups is 1. The summed E-state index contributed by atoms with van der Waals surface area (Å²) < 4.78 is 5.30. The molecule has 0 bridgehead atoms. The van der Waals surface area contributed by atoms with Crippen LogP contribution in [0.2, 0.25) is 5.02 Å². The zero-order chi connectivity index (χ0) is 20.7. The first kappa shape index (κ1) is 20.0. The Labute approximate surface area is 167 Å². The molecule has 0 aromatic heterocycles. The van der Waals surface area contributed by atoms with Crippen LogP contribution in [0.1, 0.15) is 43.1 Å². The number of anilines is 1. The number of Topliss-reactive ketones (excluding diaryl/α,β-unsaturated/α-hetero) is 1. The van der Waals surface area contributed by atoms with Gasteiger partial charge in [-0.3, -0.25) is 9.59 Å². The van der Waals surface area contributed by atoms with Crippen LogP contribution < -0.4 is 4.90 Å². The number of ether oxygens (including phenoxy) is 1. The molecule has 0 fully saturated rings. The predicted octanol–water partition coefficient (Wildman–Crippen LogP) is 4.08. The Hall–Kier alpha value is -2.70. The topological polar surface area (TPSA) is 83.9 Å². The summed E-state index contributed by atoms with van der Waals surface area (Å²) in [5.74, 6) is -1.38. The number of rotatable bonds is 3. The van der Waals surface area contributed by atoms with E-state index in [0.29, 0.717) is 5.56 Å². The maximum Gasteiger partial charge on any atom is 0.421 e. The molecule has 0 saturated heterocycles. The van der Waals surface area contributed by atoms with E-state index in [4.69, 9.17) is 16.3 Å². The van der Waals surface area contributed by atoms with Gasteiger partial charge in [-0.25, -0.2) is 9.69 Å². The summed E-state index contributed by atoms with van der Waals surface area (Å²) in [5.41, 5.74) is -2.47. The van der Waals surface area contributed by atoms with Crippen molar-refractivity contribution in [2.75, 3.05) is 4.90 Å². The van der Waals surface area contributed by atoms with Crippen molar-refractivity contribution in [2.24, 2.45) is 0 Å². The van der Waals surface area contributed by atoms with Crippen molar-refractivity contribution in [3.63, 3.8) is 0 Å². The van der Waals surface area contributed by atoms with Crippen LogP contribution in [0.3, 0.4) is 0 Å². The van der Waals surface area contributed by atoms with Crippen molar-refractivity contribution in [1.82, 2.24) is 0 Å². The first-order valence-electron chi connectivity index (χ1n) is 8.71. The maximum atomic E-state index is 13.1. The number of benzene rings is 2. The second kappa shape index (κ2) is 7.04. The lowest BCUT2D eigenvalue weighted by Gasteiger charge is -2.25. The second-order valence-corrected chi connectivity index (χ2v) is 8.05. The number of carbonyl (C=O) groups is 3. The first-order valence-corrected chi connectivity index (χ1v) is 9.09. The fourth-order valence-electron chi connectivity index (χ4n) is 3.06. The normalized spacial score (nSPS) is 18.8. The van der Waals surface area contributed by atoms with Crippen molar-refractivity contribution in [3.8, 4) is 0 Å². The van der Waals surface area contributed by atoms with Gasteiger partial charge < -0.3 is 9.84 Å². The Balaban J connectivity index is 2.02. The van der Waals surface area contributed by atoms with Crippen LogP contribution in [0, 0.1) is 0 Å². The van der Waals surface area contributed by atoms with Crippen molar-refractivity contribution < 1.29 is 24.2 Å². The highest BCUT2D eigenvalue weighted by molar-refractivity contribution is 6.31. The fourth-order valence-corrected chi connectivity index (χ4v) is 3.23. The minimum atomic E-state index is -2.22. The number of hydrogen-bond acceptors (Lipinski definition) is 5. The lowest BCUT2D eigenvalue weighted by Crippen LogP contribution is -2.46. The summed E-state index contributed by atoms with van der Waals surface area (Å²) in [6, 6.07) is 12.6. The summed E-state index contributed by atoms with van der Waals surface area (Å²) in [7, 11) is 0. The molecule has 1 atom stereocenters. The Morgan fingerprint density at radius 3 is 2.39 bits per heavy atom. The lowest BCUT2D eigenvalue weighted by molar-refractivity contribution is -0.135. The third-order valence-corrected chi connectivity index (χ3v) is 4.53. The van der Waals surface area contributed by atoms with Crippen LogP contribution in [0.25, 0.3) is 0 Å². The molecule has 3 rings (SSSR count). The quantitative estimate of drug-likeness (QED) is 0.783. The number of carbonyl (C=O) groups excluding carboxylic acids is 3. The van der Waals surface area contributed by atoms with E-state index >= 15 is 0 Å². The smallest absolute Gasteiger partial charge is 0.421 e. The molecule has 6 nitrogen and oxygen atoms in total. The molecule has 0 saturated carbocycles. The molecule has 1 N–H and O–H groups in total. The predicted molar refractivity (Wildman–Crippen MR) is 104 cm³/mol. The van der Waals surface area contributed by atoms with Gasteiger partial charge in [-0.15, -0.1) is 0 Å². The highest BCUT2D eigenvalue weighted by Gasteiger charge is 2.54. The van der Waals surface area contributed by atoms with E-state index in [-0.39, 0.29) is 16.3 Å². The Bertz CT molecular complexity index is 951. The third-order valence-electron chi connectivity index (χ3n) is 4.29. The molecule has 1 heterocycles. The van der Waals surface area contributed by atoms with Gasteiger partial charge in [-0.1, -0.05) is 41.9 Å². The number of fused-ring (bicyclic) bond motifs is 1. The van der Waals surface area contributed by atoms with Crippen LogP contribution in [0.4, 0.5) is 10.5 Å². The second-order valence-electron chi connectivity index (χ2n) is 7.61. The van der Waals surface area contributed by atoms with Crippen molar-refractivity contribution in [3.05, 3.63) is 64.7 Å². The molecule has 1 aliphatic rings. The number of ketones is 1. The zero-order valence-electron chi connectivity index (χ0n) is 15.7. The molecule has 146 valence electrons. The van der Waals surface area contributed by atoms with Gasteiger partial charge in [0.25, 0.3) is 5.91 Å². The summed E-state index contributed by atoms with van der Waals surface area (Å²) in [4.78, 5) is 39.1. The van der Waals surface area contributed by atoms with Crippen molar-refractivity contribution in [2.45, 2.75) is 38.4 Å². The van der Waals surface area contributed by atoms with E-state index < -0.39 is 35.4 Å². The number of halogens is 1. The summed E-state index contributed by atoms with van der Waals surface area (Å²) in [5, 5.41) is 11.5. The molecule has 0 unspecified atom stereocenters. The summed E-state index contributed by atoms with van der Waals surface area (Å²) in [6.07, 6.45) is -1.45. The molecule has 1 aliphatic heterocycles. The van der Waals surface area contributed by atoms with Gasteiger partial charge in [-0.2, -0.15) is 0 Å². The monoisotopic (exact) mass is 401 g/mol. The highest BCUT2D eigenvalue weighted by atomic mass is 35.5. The summed E-state index contributed by atoms with van der Waals surface area (Å²) >= 11 is 6.04. The van der Waals surface area contributed by atoms with Gasteiger partial charge in [-0.05, 0) is 39.0 Å². The molecule has 0 aliphatic carbocycles. The molecule has 7 heteroatoms. The molecular formula is C21H20ClNO5. The van der Waals surface area contributed by atoms with Crippen LogP contribution in [0.5, 0.6) is 0 Å². The van der Waals surface area contributed by atoms with Crippen LogP contribution in [-0.4, -0.2) is 28.5 Å². The van der Waals surface area contributed by atoms with Gasteiger partial charge in [0.05, 0.1) is 12.1 Å². The van der Waals surface area contributed by atoms with Crippen LogP contribution in [0.15, 0.2) is 48.5 Å². The SMILES string of the molecule is CC(C)(C)OC(=O)N1C(=O)[C@@](O)(CC(=O)c2ccccc2)c2cc(Cl)ccc21. The molecule has 2 aromatic rings. The average molecular weight is 402 g/mol. The standard InChI is InChI=1S/C21H20ClNO5/c1-20(2,3)28-19(26)23-16-10-9-14(22)11-15(16)21(27,18(23)25)12-17(24)13-7-5-4-6-8-13/h4-11,27H,12H2,1-3H3/t21-/m1/s1. The number of aliphatic hydroxyl groups is 1. The minimum Gasteiger partial charge on any atom is -0.443 e. The molecule has 28 heavy (non-hydrogen) atoms. The number of amides is 2. The van der Waals surface area contributed by atoms with Gasteiger partial charge in [0.1, 0.15) is 5.60 Å². The van der Waals surface area contributed by atoms with Gasteiger partial charge >= 0.3 is 6.09 Å². The average Bonchev–Trinajstić information content (AvgIpc) is 2.82. The number of hydrogen-bond donors (Lipinski definition) is 1. The number of nitrogens with zero attached hydrogens (tertiary/aromatic N) is 1. The van der Waals surface area contributed by atoms with Crippen LogP contribution in [-0.2, 0) is 15.1 Å². The largest absolute Gasteiger partial charge is 0.443 e. The maximum absolute atomic E-state index is 13.1. The molecule has 0 spiro atoms. The van der Waals surface area contributed by atoms with Crippen molar-refractivity contribution >= 4 is 35.1 Å². The van der Waals surface area contributed by atoms with E-state index in [1.165, 1.54) is 18.2 Å².